The van der Waals surface area contributed by atoms with Gasteiger partial charge in [-0.05, 0) is 29.3 Å². The molecule has 1 N–H and O–H groups in total. The molecule has 5 aromatic rings. The van der Waals surface area contributed by atoms with Crippen molar-refractivity contribution in [1.82, 2.24) is 25.1 Å². The quantitative estimate of drug-likeness (QED) is 0.348. The van der Waals surface area contributed by atoms with E-state index in [1.165, 1.54) is 17.3 Å². The predicted molar refractivity (Wildman–Crippen MR) is 134 cm³/mol. The molecule has 1 amide bonds. The van der Waals surface area contributed by atoms with Gasteiger partial charge in [-0.3, -0.25) is 4.79 Å². The second-order valence-electron chi connectivity index (χ2n) is 8.11. The van der Waals surface area contributed by atoms with Gasteiger partial charge in [-0.1, -0.05) is 66.4 Å². The molecule has 1 aliphatic rings. The minimum Gasteiger partial charge on any atom is -0.454 e. The molecule has 1 aliphatic heterocycles. The number of benzene rings is 3. The average Bonchev–Trinajstić information content (AvgIpc) is 3.49. The Morgan fingerprint density at radius 2 is 1.77 bits per heavy atom. The molecule has 9 heteroatoms. The molecular formula is C26H21N5O3S. The van der Waals surface area contributed by atoms with E-state index in [0.717, 1.165) is 33.4 Å². The monoisotopic (exact) mass is 483 g/mol. The Balaban J connectivity index is 1.18. The summed E-state index contributed by atoms with van der Waals surface area (Å²) in [6, 6.07) is 24.0. The largest absolute Gasteiger partial charge is 0.454 e. The highest BCUT2D eigenvalue weighted by atomic mass is 32.2. The number of fused-ring (bicyclic) bond motifs is 4. The zero-order valence-corrected chi connectivity index (χ0v) is 19.5. The van der Waals surface area contributed by atoms with E-state index in [2.05, 4.69) is 38.3 Å². The number of thioether (sulfide) groups is 1. The number of amides is 1. The summed E-state index contributed by atoms with van der Waals surface area (Å²) in [4.78, 5) is 17.2. The minimum absolute atomic E-state index is 0.110. The minimum atomic E-state index is -0.110. The number of hydrogen-bond acceptors (Lipinski definition) is 7. The Kier molecular flexibility index (Phi) is 5.67. The van der Waals surface area contributed by atoms with Crippen molar-refractivity contribution in [3.8, 4) is 11.5 Å². The van der Waals surface area contributed by atoms with E-state index in [-0.39, 0.29) is 18.5 Å². The fraction of sp³-hybridized carbons (Fsp3) is 0.154. The van der Waals surface area contributed by atoms with E-state index in [1.54, 1.807) is 0 Å². The predicted octanol–water partition coefficient (Wildman–Crippen LogP) is 4.17. The van der Waals surface area contributed by atoms with Gasteiger partial charge < -0.3 is 19.4 Å². The first-order valence-electron chi connectivity index (χ1n) is 11.2. The molecule has 0 fully saturated rings. The highest BCUT2D eigenvalue weighted by Gasteiger charge is 2.16. The van der Waals surface area contributed by atoms with Gasteiger partial charge in [-0.25, -0.2) is 4.98 Å². The standard InChI is InChI=1S/C26H21N5O3S/c32-23(27-13-18-10-11-21-22(12-18)34-16-33-21)15-35-26-28-25-24(29-30-26)19-8-4-5-9-20(19)31(25)14-17-6-2-1-3-7-17/h1-12H,13-16H2,(H,27,32). The molecule has 0 unspecified atom stereocenters. The van der Waals surface area contributed by atoms with Gasteiger partial charge in [0.2, 0.25) is 17.9 Å². The first kappa shape index (κ1) is 21.4. The van der Waals surface area contributed by atoms with Crippen LogP contribution in [-0.4, -0.2) is 38.2 Å². The van der Waals surface area contributed by atoms with Crippen LogP contribution in [0.2, 0.25) is 0 Å². The second-order valence-corrected chi connectivity index (χ2v) is 9.05. The fourth-order valence-electron chi connectivity index (χ4n) is 4.11. The maximum Gasteiger partial charge on any atom is 0.231 e. The van der Waals surface area contributed by atoms with Crippen molar-refractivity contribution in [1.29, 1.82) is 0 Å². The number of aromatic nitrogens is 4. The highest BCUT2D eigenvalue weighted by molar-refractivity contribution is 7.99. The summed E-state index contributed by atoms with van der Waals surface area (Å²) in [6.07, 6.45) is 0. The van der Waals surface area contributed by atoms with Gasteiger partial charge in [-0.15, -0.1) is 10.2 Å². The van der Waals surface area contributed by atoms with Gasteiger partial charge in [0.1, 0.15) is 5.52 Å². The van der Waals surface area contributed by atoms with Crippen LogP contribution < -0.4 is 14.8 Å². The fourth-order valence-corrected chi connectivity index (χ4v) is 4.72. The molecule has 0 aliphatic carbocycles. The maximum atomic E-state index is 12.5. The Hall–Kier alpha value is -4.11. The van der Waals surface area contributed by atoms with Crippen LogP contribution in [0.5, 0.6) is 11.5 Å². The van der Waals surface area contributed by atoms with Crippen molar-refractivity contribution in [2.24, 2.45) is 0 Å². The summed E-state index contributed by atoms with van der Waals surface area (Å²) in [5.41, 5.74) is 4.68. The SMILES string of the molecule is O=C(CSc1nnc2c3ccccc3n(Cc3ccccc3)c2n1)NCc1ccc2c(c1)OCO2. The third-order valence-electron chi connectivity index (χ3n) is 5.80. The number of hydrogen-bond donors (Lipinski definition) is 1. The van der Waals surface area contributed by atoms with E-state index in [9.17, 15) is 4.79 Å². The van der Waals surface area contributed by atoms with Crippen LogP contribution in [0.25, 0.3) is 22.1 Å². The van der Waals surface area contributed by atoms with Crippen molar-refractivity contribution in [3.05, 3.63) is 83.9 Å². The molecule has 0 radical (unpaired) electrons. The summed E-state index contributed by atoms with van der Waals surface area (Å²) in [5.74, 6) is 1.50. The lowest BCUT2D eigenvalue weighted by molar-refractivity contribution is -0.118. The number of ether oxygens (including phenoxy) is 2. The number of carbonyl (C=O) groups is 1. The normalized spacial score (nSPS) is 12.3. The van der Waals surface area contributed by atoms with Gasteiger partial charge in [0.15, 0.2) is 17.1 Å². The van der Waals surface area contributed by atoms with Crippen molar-refractivity contribution in [2.75, 3.05) is 12.5 Å². The highest BCUT2D eigenvalue weighted by Crippen LogP contribution is 2.32. The van der Waals surface area contributed by atoms with Gasteiger partial charge >= 0.3 is 0 Å². The zero-order chi connectivity index (χ0) is 23.6. The molecule has 0 saturated carbocycles. The Bertz CT molecular complexity index is 1540. The van der Waals surface area contributed by atoms with Gasteiger partial charge in [0.05, 0.1) is 11.3 Å². The summed E-state index contributed by atoms with van der Waals surface area (Å²) in [5, 5.41) is 13.2. The topological polar surface area (TPSA) is 91.2 Å². The van der Waals surface area contributed by atoms with Crippen LogP contribution in [0.1, 0.15) is 11.1 Å². The Morgan fingerprint density at radius 3 is 2.69 bits per heavy atom. The molecule has 0 saturated heterocycles. The lowest BCUT2D eigenvalue weighted by atomic mass is 10.2. The molecule has 3 aromatic carbocycles. The summed E-state index contributed by atoms with van der Waals surface area (Å²) in [6.45, 7) is 1.30. The summed E-state index contributed by atoms with van der Waals surface area (Å²) < 4.78 is 12.9. The van der Waals surface area contributed by atoms with Crippen LogP contribution in [0.15, 0.2) is 78.0 Å². The molecular weight excluding hydrogens is 462 g/mol. The lowest BCUT2D eigenvalue weighted by Gasteiger charge is -2.08. The molecule has 35 heavy (non-hydrogen) atoms. The molecule has 3 heterocycles. The molecule has 0 bridgehead atoms. The van der Waals surface area contributed by atoms with Crippen LogP contribution in [0, 0.1) is 0 Å². The smallest absolute Gasteiger partial charge is 0.231 e. The van der Waals surface area contributed by atoms with E-state index in [0.29, 0.717) is 24.0 Å². The number of nitrogens with one attached hydrogen (secondary N) is 1. The van der Waals surface area contributed by atoms with Gasteiger partial charge in [0.25, 0.3) is 0 Å². The van der Waals surface area contributed by atoms with Crippen LogP contribution in [-0.2, 0) is 17.9 Å². The van der Waals surface area contributed by atoms with E-state index < -0.39 is 0 Å². The first-order chi connectivity index (χ1) is 17.2. The van der Waals surface area contributed by atoms with Crippen LogP contribution in [0.4, 0.5) is 0 Å². The Labute approximate surface area is 205 Å². The second kappa shape index (κ2) is 9.27. The van der Waals surface area contributed by atoms with Crippen molar-refractivity contribution in [2.45, 2.75) is 18.2 Å². The molecule has 2 aromatic heterocycles. The third kappa shape index (κ3) is 4.38. The molecule has 0 atom stereocenters. The van der Waals surface area contributed by atoms with Gasteiger partial charge in [0, 0.05) is 18.5 Å². The number of nitrogens with zero attached hydrogens (tertiary/aromatic N) is 4. The first-order valence-corrected chi connectivity index (χ1v) is 12.2. The maximum absolute atomic E-state index is 12.5. The van der Waals surface area contributed by atoms with E-state index in [1.807, 2.05) is 54.6 Å². The average molecular weight is 484 g/mol. The zero-order valence-electron chi connectivity index (χ0n) is 18.7. The third-order valence-corrected chi connectivity index (χ3v) is 6.63. The summed E-state index contributed by atoms with van der Waals surface area (Å²) >= 11 is 1.27. The van der Waals surface area contributed by atoms with Crippen LogP contribution in [0.3, 0.4) is 0 Å². The van der Waals surface area contributed by atoms with Crippen molar-refractivity contribution >= 4 is 39.7 Å². The molecule has 6 rings (SSSR count). The van der Waals surface area contributed by atoms with Gasteiger partial charge in [-0.2, -0.15) is 0 Å². The van der Waals surface area contributed by atoms with E-state index >= 15 is 0 Å². The number of para-hydroxylation sites is 1. The Morgan fingerprint density at radius 1 is 0.943 bits per heavy atom. The number of carbonyl (C=O) groups excluding carboxylic acids is 1. The molecule has 0 spiro atoms. The lowest BCUT2D eigenvalue weighted by Crippen LogP contribution is -2.24. The molecule has 174 valence electrons. The molecule has 8 nitrogen and oxygen atoms in total. The van der Waals surface area contributed by atoms with Crippen molar-refractivity contribution in [3.63, 3.8) is 0 Å². The van der Waals surface area contributed by atoms with Crippen molar-refractivity contribution < 1.29 is 14.3 Å². The van der Waals surface area contributed by atoms with E-state index in [4.69, 9.17) is 14.5 Å². The number of rotatable bonds is 7. The van der Waals surface area contributed by atoms with Crippen LogP contribution >= 0.6 is 11.8 Å². The summed E-state index contributed by atoms with van der Waals surface area (Å²) in [7, 11) is 0.